The Kier molecular flexibility index (Phi) is 4.45. The third kappa shape index (κ3) is 3.11. The molecule has 2 fully saturated rings. The molecule has 144 valence electrons. The van der Waals surface area contributed by atoms with Gasteiger partial charge in [0.15, 0.2) is 0 Å². The van der Waals surface area contributed by atoms with Crippen molar-refractivity contribution < 1.29 is 19.7 Å². The molecule has 0 saturated carbocycles. The van der Waals surface area contributed by atoms with Crippen LogP contribution in [-0.2, 0) is 4.74 Å². The number of nitrogens with zero attached hydrogens (tertiary/aromatic N) is 4. The number of aliphatic hydroxyl groups excluding tert-OH is 1. The van der Waals surface area contributed by atoms with Gasteiger partial charge in [-0.25, -0.2) is 0 Å². The van der Waals surface area contributed by atoms with Crippen LogP contribution in [0.2, 0.25) is 0 Å². The van der Waals surface area contributed by atoms with Crippen molar-refractivity contribution in [3.63, 3.8) is 0 Å². The summed E-state index contributed by atoms with van der Waals surface area (Å²) in [5.41, 5.74) is -0.846. The first-order valence-corrected chi connectivity index (χ1v) is 9.09. The van der Waals surface area contributed by atoms with Crippen molar-refractivity contribution >= 4 is 5.91 Å². The van der Waals surface area contributed by atoms with Crippen LogP contribution in [0, 0.1) is 0 Å². The lowest BCUT2D eigenvalue weighted by atomic mass is 9.75. The average Bonchev–Trinajstić information content (AvgIpc) is 3.21. The number of aromatic nitrogens is 4. The number of carbonyl (C=O) groups is 1. The summed E-state index contributed by atoms with van der Waals surface area (Å²) in [5, 5.41) is 34.9. The van der Waals surface area contributed by atoms with E-state index in [2.05, 4.69) is 20.6 Å². The Hall–Kier alpha value is -2.36. The summed E-state index contributed by atoms with van der Waals surface area (Å²) in [4.78, 5) is 14.8. The van der Waals surface area contributed by atoms with Gasteiger partial charge in [-0.1, -0.05) is 18.2 Å². The molecule has 2 saturated heterocycles. The number of aliphatic hydroxyl groups is 2. The summed E-state index contributed by atoms with van der Waals surface area (Å²) in [5.74, 6) is 0.247. The molecule has 4 rings (SSSR count). The van der Waals surface area contributed by atoms with Crippen molar-refractivity contribution in [2.75, 3.05) is 19.7 Å². The Morgan fingerprint density at radius 3 is 2.74 bits per heavy atom. The summed E-state index contributed by atoms with van der Waals surface area (Å²) in [6.07, 6.45) is 0.375. The summed E-state index contributed by atoms with van der Waals surface area (Å²) < 4.78 is 5.89. The number of tetrazole rings is 1. The van der Waals surface area contributed by atoms with Gasteiger partial charge in [0.2, 0.25) is 5.82 Å². The van der Waals surface area contributed by atoms with Crippen molar-refractivity contribution in [3.05, 3.63) is 29.8 Å². The van der Waals surface area contributed by atoms with Gasteiger partial charge < -0.3 is 19.8 Å². The Morgan fingerprint density at radius 1 is 1.30 bits per heavy atom. The van der Waals surface area contributed by atoms with Gasteiger partial charge in [0, 0.05) is 25.1 Å². The summed E-state index contributed by atoms with van der Waals surface area (Å²) in [6.45, 7) is 2.92. The molecule has 1 aromatic carbocycles. The molecule has 1 spiro atoms. The molecular formula is C18H23N5O4. The molecule has 1 amide bonds. The van der Waals surface area contributed by atoms with Crippen LogP contribution in [0.1, 0.15) is 36.5 Å². The smallest absolute Gasteiger partial charge is 0.254 e. The van der Waals surface area contributed by atoms with Crippen molar-refractivity contribution in [3.8, 4) is 11.4 Å². The number of carbonyl (C=O) groups excluding carboxylic acids is 1. The van der Waals surface area contributed by atoms with Crippen molar-refractivity contribution in [1.82, 2.24) is 25.5 Å². The third-order valence-corrected chi connectivity index (χ3v) is 5.73. The fourth-order valence-corrected chi connectivity index (χ4v) is 4.06. The number of benzene rings is 1. The Balaban J connectivity index is 1.52. The fourth-order valence-electron chi connectivity index (χ4n) is 4.06. The maximum Gasteiger partial charge on any atom is 0.254 e. The number of aromatic amines is 1. The van der Waals surface area contributed by atoms with Crippen LogP contribution >= 0.6 is 0 Å². The van der Waals surface area contributed by atoms with E-state index < -0.39 is 17.3 Å². The van der Waals surface area contributed by atoms with Crippen molar-refractivity contribution in [2.45, 2.75) is 43.5 Å². The molecule has 3 N–H and O–H groups in total. The predicted molar refractivity (Wildman–Crippen MR) is 94.7 cm³/mol. The maximum absolute atomic E-state index is 13.1. The topological polar surface area (TPSA) is 124 Å². The summed E-state index contributed by atoms with van der Waals surface area (Å²) >= 11 is 0. The second kappa shape index (κ2) is 6.66. The van der Waals surface area contributed by atoms with E-state index >= 15 is 0 Å². The van der Waals surface area contributed by atoms with Crippen LogP contribution in [0.25, 0.3) is 11.4 Å². The van der Waals surface area contributed by atoms with E-state index in [9.17, 15) is 15.0 Å². The number of H-pyrrole nitrogens is 1. The molecule has 1 unspecified atom stereocenters. The molecule has 0 bridgehead atoms. The van der Waals surface area contributed by atoms with E-state index in [1.807, 2.05) is 6.07 Å². The first-order valence-electron chi connectivity index (χ1n) is 9.09. The van der Waals surface area contributed by atoms with E-state index in [1.54, 1.807) is 30.0 Å². The van der Waals surface area contributed by atoms with Gasteiger partial charge in [0.1, 0.15) is 11.7 Å². The van der Waals surface area contributed by atoms with Gasteiger partial charge >= 0.3 is 0 Å². The van der Waals surface area contributed by atoms with Crippen molar-refractivity contribution in [2.24, 2.45) is 0 Å². The molecule has 2 aliphatic rings. The molecule has 9 nitrogen and oxygen atoms in total. The van der Waals surface area contributed by atoms with E-state index in [1.165, 1.54) is 0 Å². The number of hydrogen-bond acceptors (Lipinski definition) is 7. The second-order valence-corrected chi connectivity index (χ2v) is 7.50. The summed E-state index contributed by atoms with van der Waals surface area (Å²) in [7, 11) is 0. The first-order chi connectivity index (χ1) is 12.9. The van der Waals surface area contributed by atoms with E-state index in [0.717, 1.165) is 0 Å². The van der Waals surface area contributed by atoms with Gasteiger partial charge in [-0.2, -0.15) is 5.21 Å². The Morgan fingerprint density at radius 2 is 2.04 bits per heavy atom. The summed E-state index contributed by atoms with van der Waals surface area (Å²) in [6, 6.07) is 7.15. The van der Waals surface area contributed by atoms with E-state index in [4.69, 9.17) is 4.74 Å². The highest BCUT2D eigenvalue weighted by atomic mass is 16.5. The number of rotatable bonds is 2. The lowest BCUT2D eigenvalue weighted by Crippen LogP contribution is -2.64. The van der Waals surface area contributed by atoms with E-state index in [-0.39, 0.29) is 5.91 Å². The molecule has 1 aromatic heterocycles. The number of likely N-dealkylation sites (tertiary alicyclic amines) is 1. The Labute approximate surface area is 156 Å². The highest BCUT2D eigenvalue weighted by Crippen LogP contribution is 2.40. The minimum atomic E-state index is -1.17. The monoisotopic (exact) mass is 373 g/mol. The zero-order valence-corrected chi connectivity index (χ0v) is 15.1. The van der Waals surface area contributed by atoms with Gasteiger partial charge in [-0.3, -0.25) is 4.79 Å². The van der Waals surface area contributed by atoms with Crippen LogP contribution in [-0.4, -0.2) is 78.6 Å². The number of nitrogens with one attached hydrogen (secondary N) is 1. The van der Waals surface area contributed by atoms with Gasteiger partial charge in [-0.05, 0) is 31.0 Å². The number of ether oxygens (including phenoxy) is 1. The highest BCUT2D eigenvalue weighted by Gasteiger charge is 2.53. The molecule has 0 radical (unpaired) electrons. The number of amides is 1. The number of piperidine rings is 1. The van der Waals surface area contributed by atoms with Crippen molar-refractivity contribution in [1.29, 1.82) is 0 Å². The molecular weight excluding hydrogens is 350 g/mol. The quantitative estimate of drug-likeness (QED) is 0.695. The third-order valence-electron chi connectivity index (χ3n) is 5.73. The lowest BCUT2D eigenvalue weighted by Gasteiger charge is -2.51. The fraction of sp³-hybridized carbons (Fsp3) is 0.556. The highest BCUT2D eigenvalue weighted by molar-refractivity contribution is 6.00. The Bertz CT molecular complexity index is 815. The molecule has 2 aliphatic heterocycles. The normalized spacial score (nSPS) is 27.7. The van der Waals surface area contributed by atoms with Gasteiger partial charge in [0.05, 0.1) is 17.8 Å². The molecule has 9 heteroatoms. The minimum Gasteiger partial charge on any atom is -0.387 e. The molecule has 3 heterocycles. The lowest BCUT2D eigenvalue weighted by molar-refractivity contribution is -0.244. The SMILES string of the molecule is C[C@@]1(O)CCOC2(CCN(C(=O)c3ccccc3-c3nn[nH]n3)CC2)C1O. The van der Waals surface area contributed by atoms with Crippen LogP contribution in [0.3, 0.4) is 0 Å². The zero-order valence-electron chi connectivity index (χ0n) is 15.1. The van der Waals surface area contributed by atoms with Crippen LogP contribution in [0.15, 0.2) is 24.3 Å². The molecule has 2 aromatic rings. The van der Waals surface area contributed by atoms with Gasteiger partial charge in [0.25, 0.3) is 5.91 Å². The minimum absolute atomic E-state index is 0.123. The largest absolute Gasteiger partial charge is 0.387 e. The van der Waals surface area contributed by atoms with Crippen LogP contribution < -0.4 is 0 Å². The van der Waals surface area contributed by atoms with Crippen LogP contribution in [0.4, 0.5) is 0 Å². The average molecular weight is 373 g/mol. The molecule has 2 atom stereocenters. The van der Waals surface area contributed by atoms with Crippen LogP contribution in [0.5, 0.6) is 0 Å². The number of hydrogen-bond donors (Lipinski definition) is 3. The van der Waals surface area contributed by atoms with E-state index in [0.29, 0.717) is 55.9 Å². The zero-order chi connectivity index (χ0) is 19.1. The predicted octanol–water partition coefficient (Wildman–Crippen LogP) is 0.374. The van der Waals surface area contributed by atoms with Gasteiger partial charge in [-0.15, -0.1) is 10.2 Å². The second-order valence-electron chi connectivity index (χ2n) is 7.50. The molecule has 0 aliphatic carbocycles. The first kappa shape index (κ1) is 18.0. The maximum atomic E-state index is 13.1. The standard InChI is InChI=1S/C18H23N5O4/c1-17(26)8-11-27-18(16(17)25)6-9-23(10-7-18)15(24)13-5-3-2-4-12(13)14-19-21-22-20-14/h2-5,16,25-26H,6-11H2,1H3,(H,19,20,21,22)/t16?,17-/m1/s1. The molecule has 27 heavy (non-hydrogen) atoms.